The molecule has 0 aliphatic heterocycles. The highest BCUT2D eigenvalue weighted by atomic mass is 35.5. The highest BCUT2D eigenvalue weighted by molar-refractivity contribution is 6.31. The number of allylic oxidation sites excluding steroid dienone is 1. The van der Waals surface area contributed by atoms with Gasteiger partial charge in [0.1, 0.15) is 5.75 Å². The van der Waals surface area contributed by atoms with Crippen LogP contribution in [0, 0.1) is 0 Å². The first-order chi connectivity index (χ1) is 10.1. The highest BCUT2D eigenvalue weighted by Crippen LogP contribution is 2.24. The number of hydrogen-bond donors (Lipinski definition) is 0. The normalized spacial score (nSPS) is 10.8. The molecule has 2 aromatic rings. The van der Waals surface area contributed by atoms with E-state index in [0.717, 1.165) is 5.56 Å². The van der Waals surface area contributed by atoms with E-state index in [1.165, 1.54) is 6.08 Å². The molecule has 0 spiro atoms. The highest BCUT2D eigenvalue weighted by Gasteiger charge is 2.10. The van der Waals surface area contributed by atoms with Crippen LogP contribution in [-0.2, 0) is 0 Å². The van der Waals surface area contributed by atoms with Gasteiger partial charge in [0.05, 0.1) is 12.2 Å². The summed E-state index contributed by atoms with van der Waals surface area (Å²) >= 11 is 11.8. The maximum Gasteiger partial charge on any atom is 0.189 e. The first-order valence-electron chi connectivity index (χ1n) is 6.50. The quantitative estimate of drug-likeness (QED) is 0.552. The number of benzene rings is 2. The second-order valence-corrected chi connectivity index (χ2v) is 5.20. The number of carbonyl (C=O) groups excluding carboxylic acids is 1. The van der Waals surface area contributed by atoms with Crippen LogP contribution in [0.5, 0.6) is 5.75 Å². The van der Waals surface area contributed by atoms with Crippen LogP contribution in [0.2, 0.25) is 10.0 Å². The number of hydrogen-bond acceptors (Lipinski definition) is 2. The molecular formula is C17H14Cl2O2. The summed E-state index contributed by atoms with van der Waals surface area (Å²) in [6.07, 6.45) is 3.23. The summed E-state index contributed by atoms with van der Waals surface area (Å²) < 4.78 is 5.45. The summed E-state index contributed by atoms with van der Waals surface area (Å²) in [5.41, 5.74) is 1.35. The van der Waals surface area contributed by atoms with Gasteiger partial charge in [-0.25, -0.2) is 0 Å². The summed E-state index contributed by atoms with van der Waals surface area (Å²) in [4.78, 5) is 12.3. The number of ketones is 1. The van der Waals surface area contributed by atoms with Crippen LogP contribution in [0.4, 0.5) is 0 Å². The minimum absolute atomic E-state index is 0.157. The standard InChI is InChI=1S/C17H14Cl2O2/c1-2-21-17-10-8-14(19)11-15(17)16(20)9-5-12-3-6-13(18)7-4-12/h3-11H,2H2,1H3. The first kappa shape index (κ1) is 15.6. The topological polar surface area (TPSA) is 26.3 Å². The van der Waals surface area contributed by atoms with E-state index in [1.807, 2.05) is 19.1 Å². The van der Waals surface area contributed by atoms with Gasteiger partial charge in [-0.05, 0) is 48.9 Å². The Morgan fingerprint density at radius 3 is 2.43 bits per heavy atom. The van der Waals surface area contributed by atoms with Gasteiger partial charge in [0.25, 0.3) is 0 Å². The second-order valence-electron chi connectivity index (χ2n) is 4.32. The lowest BCUT2D eigenvalue weighted by atomic mass is 10.1. The summed E-state index contributed by atoms with van der Waals surface area (Å²) in [6.45, 7) is 2.36. The Morgan fingerprint density at radius 2 is 1.76 bits per heavy atom. The van der Waals surface area contributed by atoms with Gasteiger partial charge in [-0.15, -0.1) is 0 Å². The zero-order valence-corrected chi connectivity index (χ0v) is 13.0. The minimum atomic E-state index is -0.157. The van der Waals surface area contributed by atoms with E-state index in [0.29, 0.717) is 28.0 Å². The van der Waals surface area contributed by atoms with Gasteiger partial charge in [-0.2, -0.15) is 0 Å². The zero-order valence-electron chi connectivity index (χ0n) is 11.5. The molecule has 0 N–H and O–H groups in total. The molecular weight excluding hydrogens is 307 g/mol. The zero-order chi connectivity index (χ0) is 15.2. The van der Waals surface area contributed by atoms with Gasteiger partial charge in [0.2, 0.25) is 0 Å². The third-order valence-corrected chi connectivity index (χ3v) is 3.29. The molecule has 0 amide bonds. The van der Waals surface area contributed by atoms with Gasteiger partial charge in [0.15, 0.2) is 5.78 Å². The average Bonchev–Trinajstić information content (AvgIpc) is 2.48. The van der Waals surface area contributed by atoms with Crippen molar-refractivity contribution in [3.8, 4) is 5.75 Å². The Kier molecular flexibility index (Phi) is 5.43. The fourth-order valence-corrected chi connectivity index (χ4v) is 2.11. The molecule has 0 saturated heterocycles. The molecule has 2 rings (SSSR count). The van der Waals surface area contributed by atoms with Crippen molar-refractivity contribution in [3.63, 3.8) is 0 Å². The van der Waals surface area contributed by atoms with Crippen molar-refractivity contribution < 1.29 is 9.53 Å². The molecule has 2 aromatic carbocycles. The molecule has 0 radical (unpaired) electrons. The van der Waals surface area contributed by atoms with Gasteiger partial charge < -0.3 is 4.74 Å². The SMILES string of the molecule is CCOc1ccc(Cl)cc1C(=O)C=Cc1ccc(Cl)cc1. The molecule has 0 heterocycles. The largest absolute Gasteiger partial charge is 0.493 e. The predicted octanol–water partition coefficient (Wildman–Crippen LogP) is 5.29. The summed E-state index contributed by atoms with van der Waals surface area (Å²) in [7, 11) is 0. The van der Waals surface area contributed by atoms with E-state index in [4.69, 9.17) is 27.9 Å². The lowest BCUT2D eigenvalue weighted by Gasteiger charge is -2.08. The number of halogens is 2. The average molecular weight is 321 g/mol. The molecule has 108 valence electrons. The van der Waals surface area contributed by atoms with Crippen molar-refractivity contribution in [1.29, 1.82) is 0 Å². The van der Waals surface area contributed by atoms with Crippen molar-refractivity contribution in [2.75, 3.05) is 6.61 Å². The molecule has 0 aromatic heterocycles. The van der Waals surface area contributed by atoms with Crippen molar-refractivity contribution in [1.82, 2.24) is 0 Å². The van der Waals surface area contributed by atoms with E-state index >= 15 is 0 Å². The lowest BCUT2D eigenvalue weighted by Crippen LogP contribution is -2.01. The van der Waals surface area contributed by atoms with Crippen LogP contribution in [0.15, 0.2) is 48.5 Å². The lowest BCUT2D eigenvalue weighted by molar-refractivity contribution is 0.104. The van der Waals surface area contributed by atoms with Crippen LogP contribution < -0.4 is 4.74 Å². The van der Waals surface area contributed by atoms with Crippen LogP contribution in [0.3, 0.4) is 0 Å². The van der Waals surface area contributed by atoms with Gasteiger partial charge in [0, 0.05) is 10.0 Å². The smallest absolute Gasteiger partial charge is 0.189 e. The monoisotopic (exact) mass is 320 g/mol. The molecule has 0 aliphatic carbocycles. The molecule has 21 heavy (non-hydrogen) atoms. The van der Waals surface area contributed by atoms with Crippen LogP contribution in [-0.4, -0.2) is 12.4 Å². The van der Waals surface area contributed by atoms with E-state index in [2.05, 4.69) is 0 Å². The van der Waals surface area contributed by atoms with Crippen molar-refractivity contribution >= 4 is 35.1 Å². The minimum Gasteiger partial charge on any atom is -0.493 e. The maximum atomic E-state index is 12.3. The van der Waals surface area contributed by atoms with E-state index in [1.54, 1.807) is 36.4 Å². The molecule has 0 bridgehead atoms. The predicted molar refractivity (Wildman–Crippen MR) is 87.4 cm³/mol. The Hall–Kier alpha value is -1.77. The maximum absolute atomic E-state index is 12.3. The molecule has 4 heteroatoms. The molecule has 0 saturated carbocycles. The second kappa shape index (κ2) is 7.30. The Morgan fingerprint density at radius 1 is 1.10 bits per heavy atom. The summed E-state index contributed by atoms with van der Waals surface area (Å²) in [5, 5.41) is 1.16. The van der Waals surface area contributed by atoms with Gasteiger partial charge in [-0.1, -0.05) is 41.4 Å². The summed E-state index contributed by atoms with van der Waals surface area (Å²) in [5.74, 6) is 0.378. The van der Waals surface area contributed by atoms with Crippen molar-refractivity contribution in [3.05, 3.63) is 69.7 Å². The van der Waals surface area contributed by atoms with Gasteiger partial charge in [-0.3, -0.25) is 4.79 Å². The Bertz CT molecular complexity index is 661. The molecule has 2 nitrogen and oxygen atoms in total. The summed E-state index contributed by atoms with van der Waals surface area (Å²) in [6, 6.07) is 12.2. The Balaban J connectivity index is 2.23. The van der Waals surface area contributed by atoms with Crippen LogP contribution in [0.25, 0.3) is 6.08 Å². The van der Waals surface area contributed by atoms with Crippen LogP contribution >= 0.6 is 23.2 Å². The van der Waals surface area contributed by atoms with Crippen molar-refractivity contribution in [2.24, 2.45) is 0 Å². The number of carbonyl (C=O) groups is 1. The Labute approximate surface area is 134 Å². The molecule has 0 unspecified atom stereocenters. The molecule has 0 fully saturated rings. The van der Waals surface area contributed by atoms with E-state index in [-0.39, 0.29) is 5.78 Å². The molecule has 0 aliphatic rings. The fourth-order valence-electron chi connectivity index (χ4n) is 1.81. The first-order valence-corrected chi connectivity index (χ1v) is 7.26. The van der Waals surface area contributed by atoms with Crippen LogP contribution in [0.1, 0.15) is 22.8 Å². The molecule has 0 atom stereocenters. The van der Waals surface area contributed by atoms with Crippen molar-refractivity contribution in [2.45, 2.75) is 6.92 Å². The third kappa shape index (κ3) is 4.35. The van der Waals surface area contributed by atoms with Gasteiger partial charge >= 0.3 is 0 Å². The fraction of sp³-hybridized carbons (Fsp3) is 0.118. The number of ether oxygens (including phenoxy) is 1. The third-order valence-electron chi connectivity index (χ3n) is 2.80. The van der Waals surface area contributed by atoms with E-state index < -0.39 is 0 Å². The van der Waals surface area contributed by atoms with E-state index in [9.17, 15) is 4.79 Å². The number of rotatable bonds is 5.